The van der Waals surface area contributed by atoms with Crippen LogP contribution in [0.1, 0.15) is 31.6 Å². The van der Waals surface area contributed by atoms with E-state index in [1.165, 1.54) is 25.2 Å². The molecular formula is C12H18F2N4. The third kappa shape index (κ3) is 2.40. The molecule has 2 saturated heterocycles. The van der Waals surface area contributed by atoms with E-state index in [0.29, 0.717) is 24.5 Å². The van der Waals surface area contributed by atoms with Crippen molar-refractivity contribution in [3.63, 3.8) is 0 Å². The zero-order chi connectivity index (χ0) is 12.5. The summed E-state index contributed by atoms with van der Waals surface area (Å²) in [7, 11) is 0. The van der Waals surface area contributed by atoms with Crippen molar-refractivity contribution in [1.82, 2.24) is 19.8 Å². The molecule has 2 aliphatic heterocycles. The van der Waals surface area contributed by atoms with Crippen molar-refractivity contribution in [2.45, 2.75) is 44.4 Å². The molecule has 0 aliphatic carbocycles. The van der Waals surface area contributed by atoms with E-state index < -0.39 is 6.55 Å². The van der Waals surface area contributed by atoms with Gasteiger partial charge in [0.15, 0.2) is 0 Å². The molecule has 0 radical (unpaired) electrons. The average molecular weight is 256 g/mol. The first kappa shape index (κ1) is 12.0. The smallest absolute Gasteiger partial charge is 0.310 e. The molecule has 4 nitrogen and oxygen atoms in total. The molecule has 2 fully saturated rings. The molecular weight excluding hydrogens is 238 g/mol. The van der Waals surface area contributed by atoms with Crippen molar-refractivity contribution in [2.75, 3.05) is 13.1 Å². The van der Waals surface area contributed by atoms with Crippen LogP contribution < -0.4 is 5.32 Å². The largest absolute Gasteiger partial charge is 0.319 e. The van der Waals surface area contributed by atoms with Gasteiger partial charge in [-0.05, 0) is 19.3 Å². The van der Waals surface area contributed by atoms with Gasteiger partial charge in [-0.3, -0.25) is 9.47 Å². The summed E-state index contributed by atoms with van der Waals surface area (Å²) >= 11 is 0. The lowest BCUT2D eigenvalue weighted by molar-refractivity contribution is 0.0637. The summed E-state index contributed by atoms with van der Waals surface area (Å²) in [4.78, 5) is 6.28. The van der Waals surface area contributed by atoms with Crippen LogP contribution in [0.15, 0.2) is 12.4 Å². The zero-order valence-corrected chi connectivity index (χ0v) is 10.2. The Bertz CT molecular complexity index is 407. The maximum absolute atomic E-state index is 12.7. The van der Waals surface area contributed by atoms with Gasteiger partial charge in [-0.15, -0.1) is 0 Å². The Morgan fingerprint density at radius 1 is 1.33 bits per heavy atom. The Morgan fingerprint density at radius 2 is 2.17 bits per heavy atom. The van der Waals surface area contributed by atoms with Crippen molar-refractivity contribution >= 4 is 0 Å². The Balaban J connectivity index is 1.67. The Kier molecular flexibility index (Phi) is 3.30. The van der Waals surface area contributed by atoms with Crippen molar-refractivity contribution < 1.29 is 8.78 Å². The van der Waals surface area contributed by atoms with Crippen molar-refractivity contribution in [2.24, 2.45) is 0 Å². The van der Waals surface area contributed by atoms with Crippen molar-refractivity contribution in [3.05, 3.63) is 18.2 Å². The van der Waals surface area contributed by atoms with E-state index in [0.717, 1.165) is 24.1 Å². The standard InChI is InChI=1S/C12H18F2N4/c13-12(14)18-6-4-15-11(18)8-17-5-3-9-1-2-10(7-17)16-9/h4,6,9-10,12,16H,1-3,5,7-8H2. The van der Waals surface area contributed by atoms with Gasteiger partial charge in [0.05, 0.1) is 6.54 Å². The van der Waals surface area contributed by atoms with Crippen LogP contribution in [-0.4, -0.2) is 39.6 Å². The maximum atomic E-state index is 12.7. The Morgan fingerprint density at radius 3 is 3.00 bits per heavy atom. The van der Waals surface area contributed by atoms with Crippen LogP contribution in [0.3, 0.4) is 0 Å². The van der Waals surface area contributed by atoms with Gasteiger partial charge in [0, 0.05) is 37.6 Å². The molecule has 100 valence electrons. The summed E-state index contributed by atoms with van der Waals surface area (Å²) < 4.78 is 26.4. The summed E-state index contributed by atoms with van der Waals surface area (Å²) in [5.74, 6) is 0.461. The first-order valence-corrected chi connectivity index (χ1v) is 6.50. The van der Waals surface area contributed by atoms with Crippen LogP contribution in [-0.2, 0) is 6.54 Å². The zero-order valence-electron chi connectivity index (χ0n) is 10.2. The Labute approximate surface area is 105 Å². The van der Waals surface area contributed by atoms with Crippen LogP contribution in [0.4, 0.5) is 8.78 Å². The summed E-state index contributed by atoms with van der Waals surface area (Å²) in [5.41, 5.74) is 0. The summed E-state index contributed by atoms with van der Waals surface area (Å²) in [5, 5.41) is 3.58. The first-order valence-electron chi connectivity index (χ1n) is 6.50. The molecule has 1 aromatic heterocycles. The topological polar surface area (TPSA) is 33.1 Å². The molecule has 0 spiro atoms. The molecule has 0 aromatic carbocycles. The number of rotatable bonds is 3. The predicted molar refractivity (Wildman–Crippen MR) is 63.3 cm³/mol. The highest BCUT2D eigenvalue weighted by atomic mass is 19.3. The van der Waals surface area contributed by atoms with Crippen molar-refractivity contribution in [1.29, 1.82) is 0 Å². The van der Waals surface area contributed by atoms with Crippen LogP contribution >= 0.6 is 0 Å². The van der Waals surface area contributed by atoms with Gasteiger partial charge in [0.1, 0.15) is 5.82 Å². The van der Waals surface area contributed by atoms with E-state index in [1.807, 2.05) is 0 Å². The molecule has 3 heterocycles. The van der Waals surface area contributed by atoms with Gasteiger partial charge in [0.25, 0.3) is 0 Å². The molecule has 2 atom stereocenters. The fourth-order valence-electron chi connectivity index (χ4n) is 3.00. The molecule has 18 heavy (non-hydrogen) atoms. The monoisotopic (exact) mass is 256 g/mol. The molecule has 0 saturated carbocycles. The number of likely N-dealkylation sites (tertiary alicyclic amines) is 1. The van der Waals surface area contributed by atoms with E-state index in [2.05, 4.69) is 15.2 Å². The number of nitrogens with one attached hydrogen (secondary N) is 1. The van der Waals surface area contributed by atoms with E-state index in [1.54, 1.807) is 0 Å². The highest BCUT2D eigenvalue weighted by molar-refractivity contribution is 4.95. The number of alkyl halides is 2. The van der Waals surface area contributed by atoms with Gasteiger partial charge < -0.3 is 5.32 Å². The fraction of sp³-hybridized carbons (Fsp3) is 0.750. The van der Waals surface area contributed by atoms with Crippen LogP contribution in [0, 0.1) is 0 Å². The molecule has 2 aliphatic rings. The number of hydrogen-bond donors (Lipinski definition) is 1. The highest BCUT2D eigenvalue weighted by Crippen LogP contribution is 2.22. The molecule has 1 aromatic rings. The van der Waals surface area contributed by atoms with Crippen LogP contribution in [0.5, 0.6) is 0 Å². The van der Waals surface area contributed by atoms with Gasteiger partial charge >= 0.3 is 6.55 Å². The van der Waals surface area contributed by atoms with Gasteiger partial charge in [-0.1, -0.05) is 0 Å². The fourth-order valence-corrected chi connectivity index (χ4v) is 3.00. The number of halogens is 2. The molecule has 2 unspecified atom stereocenters. The summed E-state index contributed by atoms with van der Waals surface area (Å²) in [6.45, 7) is -0.0805. The second kappa shape index (κ2) is 4.93. The second-order valence-corrected chi connectivity index (χ2v) is 5.19. The quantitative estimate of drug-likeness (QED) is 0.892. The maximum Gasteiger partial charge on any atom is 0.319 e. The van der Waals surface area contributed by atoms with Crippen LogP contribution in [0.25, 0.3) is 0 Å². The van der Waals surface area contributed by atoms with Gasteiger partial charge in [0.2, 0.25) is 0 Å². The summed E-state index contributed by atoms with van der Waals surface area (Å²) in [6.07, 6.45) is 6.35. The highest BCUT2D eigenvalue weighted by Gasteiger charge is 2.29. The third-order valence-corrected chi connectivity index (χ3v) is 3.93. The molecule has 6 heteroatoms. The first-order chi connectivity index (χ1) is 8.72. The van der Waals surface area contributed by atoms with Gasteiger partial charge in [-0.25, -0.2) is 4.98 Å². The summed E-state index contributed by atoms with van der Waals surface area (Å²) in [6, 6.07) is 1.14. The lowest BCUT2D eigenvalue weighted by atomic mass is 10.1. The predicted octanol–water partition coefficient (Wildman–Crippen LogP) is 1.60. The number of imidazole rings is 1. The van der Waals surface area contributed by atoms with E-state index in [-0.39, 0.29) is 0 Å². The SMILES string of the molecule is FC(F)n1ccnc1CN1CCC2CCC(C1)N2. The number of hydrogen-bond acceptors (Lipinski definition) is 3. The van der Waals surface area contributed by atoms with Gasteiger partial charge in [-0.2, -0.15) is 8.78 Å². The van der Waals surface area contributed by atoms with Crippen molar-refractivity contribution in [3.8, 4) is 0 Å². The van der Waals surface area contributed by atoms with E-state index >= 15 is 0 Å². The number of aromatic nitrogens is 2. The lowest BCUT2D eigenvalue weighted by Crippen LogP contribution is -2.35. The second-order valence-electron chi connectivity index (χ2n) is 5.19. The minimum Gasteiger partial charge on any atom is -0.310 e. The minimum absolute atomic E-state index is 0.461. The van der Waals surface area contributed by atoms with E-state index in [9.17, 15) is 8.78 Å². The Hall–Kier alpha value is -1.01. The molecule has 2 bridgehead atoms. The average Bonchev–Trinajstić information content (AvgIpc) is 2.88. The number of fused-ring (bicyclic) bond motifs is 2. The molecule has 0 amide bonds. The molecule has 1 N–H and O–H groups in total. The third-order valence-electron chi connectivity index (χ3n) is 3.93. The minimum atomic E-state index is -2.50. The normalized spacial score (nSPS) is 28.8. The van der Waals surface area contributed by atoms with E-state index in [4.69, 9.17) is 0 Å². The number of nitrogens with zero attached hydrogens (tertiary/aromatic N) is 3. The molecule has 3 rings (SSSR count). The lowest BCUT2D eigenvalue weighted by Gasteiger charge is -2.23. The van der Waals surface area contributed by atoms with Crippen LogP contribution in [0.2, 0.25) is 0 Å².